The van der Waals surface area contributed by atoms with Gasteiger partial charge < -0.3 is 19.1 Å². The van der Waals surface area contributed by atoms with Crippen LogP contribution in [0.25, 0.3) is 11.3 Å². The van der Waals surface area contributed by atoms with Gasteiger partial charge in [-0.05, 0) is 31.9 Å². The maximum Gasteiger partial charge on any atom is 0.309 e. The van der Waals surface area contributed by atoms with Crippen molar-refractivity contribution in [1.29, 1.82) is 0 Å². The lowest BCUT2D eigenvalue weighted by Crippen LogP contribution is -2.45. The van der Waals surface area contributed by atoms with Crippen LogP contribution in [0.1, 0.15) is 30.3 Å². The van der Waals surface area contributed by atoms with Crippen LogP contribution in [-0.4, -0.2) is 71.0 Å². The number of piperidine rings is 1. The molecule has 2 aromatic heterocycles. The number of carbonyl (C=O) groups is 3. The molecule has 0 atom stereocenters. The Hall–Kier alpha value is -3.23. The molecule has 2 amide bonds. The maximum atomic E-state index is 12.6. The summed E-state index contributed by atoms with van der Waals surface area (Å²) in [4.78, 5) is 43.9. The van der Waals surface area contributed by atoms with Gasteiger partial charge in [0, 0.05) is 44.2 Å². The van der Waals surface area contributed by atoms with Gasteiger partial charge in [0.1, 0.15) is 0 Å². The summed E-state index contributed by atoms with van der Waals surface area (Å²) in [5.41, 5.74) is 0.836. The van der Waals surface area contributed by atoms with Gasteiger partial charge >= 0.3 is 5.97 Å². The zero-order valence-electron chi connectivity index (χ0n) is 16.5. The van der Waals surface area contributed by atoms with Crippen LogP contribution in [0.15, 0.2) is 35.1 Å². The molecule has 0 spiro atoms. The van der Waals surface area contributed by atoms with Crippen LogP contribution in [0, 0.1) is 5.92 Å². The van der Waals surface area contributed by atoms with Crippen LogP contribution in [-0.2, 0) is 14.3 Å². The number of hydrogen-bond acceptors (Lipinski definition) is 7. The van der Waals surface area contributed by atoms with E-state index in [1.54, 1.807) is 43.4 Å². The summed E-state index contributed by atoms with van der Waals surface area (Å²) in [7, 11) is 1.55. The number of rotatable bonds is 6. The van der Waals surface area contributed by atoms with Crippen molar-refractivity contribution in [2.45, 2.75) is 19.8 Å². The minimum atomic E-state index is -0.404. The minimum absolute atomic E-state index is 0.0714. The molecule has 0 saturated carbocycles. The average Bonchev–Trinajstić information content (AvgIpc) is 3.24. The van der Waals surface area contributed by atoms with Crippen LogP contribution >= 0.6 is 0 Å². The van der Waals surface area contributed by atoms with Gasteiger partial charge in [0.05, 0.1) is 19.1 Å². The third-order valence-electron chi connectivity index (χ3n) is 4.86. The third-order valence-corrected chi connectivity index (χ3v) is 4.86. The van der Waals surface area contributed by atoms with E-state index in [1.807, 2.05) is 0 Å². The number of aromatic nitrogens is 2. The summed E-state index contributed by atoms with van der Waals surface area (Å²) in [5.74, 6) is -0.512. The molecule has 0 unspecified atom stereocenters. The van der Waals surface area contributed by atoms with Gasteiger partial charge in [0.15, 0.2) is 11.5 Å². The van der Waals surface area contributed by atoms with Gasteiger partial charge in [-0.2, -0.15) is 0 Å². The molecular weight excluding hydrogens is 376 g/mol. The molecule has 9 heteroatoms. The van der Waals surface area contributed by atoms with Crippen molar-refractivity contribution < 1.29 is 23.6 Å². The first kappa shape index (κ1) is 20.5. The molecule has 1 saturated heterocycles. The summed E-state index contributed by atoms with van der Waals surface area (Å²) in [6, 6.07) is 5.09. The van der Waals surface area contributed by atoms with E-state index in [1.165, 1.54) is 11.0 Å². The fraction of sp³-hybridized carbons (Fsp3) is 0.450. The largest absolute Gasteiger partial charge is 0.466 e. The SMILES string of the molecule is CCOC(=O)C1CCN(C(=O)CN(C)C(=O)c2cc(-c3cccnc3)on2)CC1. The number of amides is 2. The Bertz CT molecular complexity index is 859. The van der Waals surface area contributed by atoms with E-state index in [0.717, 1.165) is 0 Å². The maximum absolute atomic E-state index is 12.6. The van der Waals surface area contributed by atoms with Crippen molar-refractivity contribution in [3.63, 3.8) is 0 Å². The second kappa shape index (κ2) is 9.31. The molecule has 0 N–H and O–H groups in total. The second-order valence-electron chi connectivity index (χ2n) is 6.89. The van der Waals surface area contributed by atoms with Crippen molar-refractivity contribution in [3.05, 3.63) is 36.3 Å². The standard InChI is InChI=1S/C20H24N4O5/c1-3-28-20(27)14-6-9-24(10-7-14)18(25)13-23(2)19(26)16-11-17(29-22-16)15-5-4-8-21-12-15/h4-5,8,11-12,14H,3,6-7,9-10,13H2,1-2H3. The molecule has 3 rings (SSSR count). The highest BCUT2D eigenvalue weighted by Gasteiger charge is 2.29. The number of carbonyl (C=O) groups excluding carboxylic acids is 3. The monoisotopic (exact) mass is 400 g/mol. The first-order valence-electron chi connectivity index (χ1n) is 9.56. The number of esters is 1. The summed E-state index contributed by atoms with van der Waals surface area (Å²) >= 11 is 0. The number of likely N-dealkylation sites (N-methyl/N-ethyl adjacent to an activating group) is 1. The highest BCUT2D eigenvalue weighted by molar-refractivity contribution is 5.95. The summed E-state index contributed by atoms with van der Waals surface area (Å²) in [6.45, 7) is 3.00. The van der Waals surface area contributed by atoms with Gasteiger partial charge in [0.25, 0.3) is 5.91 Å². The van der Waals surface area contributed by atoms with Crippen molar-refractivity contribution in [2.75, 3.05) is 33.3 Å². The second-order valence-corrected chi connectivity index (χ2v) is 6.89. The molecule has 1 aliphatic heterocycles. The van der Waals surface area contributed by atoms with Crippen LogP contribution < -0.4 is 0 Å². The van der Waals surface area contributed by atoms with Crippen molar-refractivity contribution >= 4 is 17.8 Å². The zero-order chi connectivity index (χ0) is 20.8. The number of pyridine rings is 1. The number of nitrogens with zero attached hydrogens (tertiary/aromatic N) is 4. The molecule has 3 heterocycles. The fourth-order valence-electron chi connectivity index (χ4n) is 3.22. The van der Waals surface area contributed by atoms with E-state index in [-0.39, 0.29) is 30.0 Å². The van der Waals surface area contributed by atoms with Crippen LogP contribution in [0.5, 0.6) is 0 Å². The highest BCUT2D eigenvalue weighted by Crippen LogP contribution is 2.21. The van der Waals surface area contributed by atoms with E-state index in [9.17, 15) is 14.4 Å². The van der Waals surface area contributed by atoms with E-state index < -0.39 is 5.91 Å². The molecule has 0 bridgehead atoms. The highest BCUT2D eigenvalue weighted by atomic mass is 16.5. The lowest BCUT2D eigenvalue weighted by atomic mass is 9.97. The van der Waals surface area contributed by atoms with Crippen LogP contribution in [0.4, 0.5) is 0 Å². The Labute approximate surface area is 168 Å². The normalized spacial score (nSPS) is 14.5. The lowest BCUT2D eigenvalue weighted by molar-refractivity contribution is -0.151. The Morgan fingerprint density at radius 3 is 2.72 bits per heavy atom. The molecule has 0 aromatic carbocycles. The van der Waals surface area contributed by atoms with E-state index in [2.05, 4.69) is 10.1 Å². The predicted molar refractivity (Wildman–Crippen MR) is 103 cm³/mol. The molecule has 1 fully saturated rings. The minimum Gasteiger partial charge on any atom is -0.466 e. The molecule has 29 heavy (non-hydrogen) atoms. The predicted octanol–water partition coefficient (Wildman–Crippen LogP) is 1.61. The van der Waals surface area contributed by atoms with Crippen molar-refractivity contribution in [3.8, 4) is 11.3 Å². The van der Waals surface area contributed by atoms with E-state index in [4.69, 9.17) is 9.26 Å². The molecular formula is C20H24N4O5. The lowest BCUT2D eigenvalue weighted by Gasteiger charge is -2.32. The zero-order valence-corrected chi connectivity index (χ0v) is 16.5. The first-order valence-corrected chi connectivity index (χ1v) is 9.56. The van der Waals surface area contributed by atoms with Crippen LogP contribution in [0.2, 0.25) is 0 Å². The average molecular weight is 400 g/mol. The fourth-order valence-corrected chi connectivity index (χ4v) is 3.22. The summed E-state index contributed by atoms with van der Waals surface area (Å²) in [5, 5.41) is 3.81. The summed E-state index contributed by atoms with van der Waals surface area (Å²) in [6.07, 6.45) is 4.39. The molecule has 0 radical (unpaired) electrons. The molecule has 0 aliphatic carbocycles. The smallest absolute Gasteiger partial charge is 0.309 e. The van der Waals surface area contributed by atoms with Gasteiger partial charge in [-0.15, -0.1) is 0 Å². The van der Waals surface area contributed by atoms with Crippen molar-refractivity contribution in [1.82, 2.24) is 19.9 Å². The van der Waals surface area contributed by atoms with Crippen LogP contribution in [0.3, 0.4) is 0 Å². The Balaban J connectivity index is 1.53. The molecule has 9 nitrogen and oxygen atoms in total. The Kier molecular flexibility index (Phi) is 6.58. The van der Waals surface area contributed by atoms with Gasteiger partial charge in [-0.25, -0.2) is 0 Å². The van der Waals surface area contributed by atoms with Gasteiger partial charge in [0.2, 0.25) is 5.91 Å². The Morgan fingerprint density at radius 2 is 2.07 bits per heavy atom. The Morgan fingerprint density at radius 1 is 1.31 bits per heavy atom. The molecule has 154 valence electrons. The molecule has 2 aromatic rings. The van der Waals surface area contributed by atoms with Gasteiger partial charge in [-0.3, -0.25) is 19.4 Å². The van der Waals surface area contributed by atoms with Gasteiger partial charge in [-0.1, -0.05) is 5.16 Å². The number of likely N-dealkylation sites (tertiary alicyclic amines) is 1. The molecule has 1 aliphatic rings. The quantitative estimate of drug-likeness (QED) is 0.678. The van der Waals surface area contributed by atoms with Crippen molar-refractivity contribution in [2.24, 2.45) is 5.92 Å². The topological polar surface area (TPSA) is 106 Å². The summed E-state index contributed by atoms with van der Waals surface area (Å²) < 4.78 is 10.3. The van der Waals surface area contributed by atoms with E-state index >= 15 is 0 Å². The van der Waals surface area contributed by atoms with E-state index in [0.29, 0.717) is 43.9 Å². The number of hydrogen-bond donors (Lipinski definition) is 0. The number of ether oxygens (including phenoxy) is 1. The third kappa shape index (κ3) is 4.98. The first-order chi connectivity index (χ1) is 14.0.